The lowest BCUT2D eigenvalue weighted by atomic mass is 10.3. The number of nitrogens with one attached hydrogen (secondary N) is 1. The lowest BCUT2D eigenvalue weighted by Gasteiger charge is -2.04. The number of thioether (sulfide) groups is 1. The Kier molecular flexibility index (Phi) is 4.33. The summed E-state index contributed by atoms with van der Waals surface area (Å²) in [5, 5.41) is 3.16. The first-order valence-electron chi connectivity index (χ1n) is 5.16. The average molecular weight is 269 g/mol. The minimum absolute atomic E-state index is 0.220. The lowest BCUT2D eigenvalue weighted by molar-refractivity contribution is 0.628. The molecule has 1 N–H and O–H groups in total. The summed E-state index contributed by atoms with van der Waals surface area (Å²) < 4.78 is 18.0. The van der Waals surface area contributed by atoms with Gasteiger partial charge in [0, 0.05) is 18.0 Å². The number of benzene rings is 1. The van der Waals surface area contributed by atoms with E-state index in [0.29, 0.717) is 0 Å². The third-order valence-electron chi connectivity index (χ3n) is 1.99. The minimum atomic E-state index is -0.220. The molecule has 0 saturated heterocycles. The summed E-state index contributed by atoms with van der Waals surface area (Å²) >= 11 is 3.07. The van der Waals surface area contributed by atoms with Gasteiger partial charge in [-0.1, -0.05) is 17.8 Å². The molecule has 0 aliphatic heterocycles. The fourth-order valence-corrected chi connectivity index (χ4v) is 2.84. The molecule has 0 spiro atoms. The van der Waals surface area contributed by atoms with Crippen molar-refractivity contribution in [1.82, 2.24) is 9.36 Å². The summed E-state index contributed by atoms with van der Waals surface area (Å²) in [6, 6.07) is 6.46. The van der Waals surface area contributed by atoms with Crippen LogP contribution in [0.25, 0.3) is 0 Å². The van der Waals surface area contributed by atoms with Gasteiger partial charge in [-0.25, -0.2) is 9.37 Å². The summed E-state index contributed by atoms with van der Waals surface area (Å²) in [7, 11) is 0. The van der Waals surface area contributed by atoms with E-state index in [0.717, 1.165) is 28.1 Å². The second-order valence-electron chi connectivity index (χ2n) is 3.39. The number of hydrogen-bond acceptors (Lipinski definition) is 5. The summed E-state index contributed by atoms with van der Waals surface area (Å²) in [6.45, 7) is 2.65. The third-order valence-corrected chi connectivity index (χ3v) is 3.92. The van der Waals surface area contributed by atoms with Gasteiger partial charge < -0.3 is 5.32 Å². The van der Waals surface area contributed by atoms with Gasteiger partial charge in [0.2, 0.25) is 0 Å². The van der Waals surface area contributed by atoms with E-state index >= 15 is 0 Å². The predicted octanol–water partition coefficient (Wildman–Crippen LogP) is 3.19. The Balaban J connectivity index is 1.73. The van der Waals surface area contributed by atoms with E-state index in [1.807, 2.05) is 13.0 Å². The Labute approximate surface area is 108 Å². The van der Waals surface area contributed by atoms with Crippen LogP contribution in [-0.2, 0) is 0 Å². The molecule has 0 atom stereocenters. The van der Waals surface area contributed by atoms with E-state index in [-0.39, 0.29) is 5.82 Å². The van der Waals surface area contributed by atoms with Gasteiger partial charge in [-0.15, -0.1) is 0 Å². The van der Waals surface area contributed by atoms with Crippen molar-refractivity contribution >= 4 is 29.0 Å². The largest absolute Gasteiger partial charge is 0.384 e. The lowest BCUT2D eigenvalue weighted by Crippen LogP contribution is -2.03. The number of rotatable bonds is 5. The number of aromatic nitrogens is 2. The monoisotopic (exact) mass is 269 g/mol. The van der Waals surface area contributed by atoms with Gasteiger partial charge in [0.15, 0.2) is 4.34 Å². The molecule has 1 heterocycles. The number of anilines is 1. The molecule has 0 aliphatic carbocycles. The van der Waals surface area contributed by atoms with Gasteiger partial charge in [-0.2, -0.15) is 4.37 Å². The van der Waals surface area contributed by atoms with E-state index in [1.165, 1.54) is 23.7 Å². The molecule has 1 aromatic heterocycles. The molecule has 2 aromatic rings. The van der Waals surface area contributed by atoms with Gasteiger partial charge in [0.05, 0.1) is 0 Å². The smallest absolute Gasteiger partial charge is 0.170 e. The van der Waals surface area contributed by atoms with Crippen LogP contribution in [0.2, 0.25) is 0 Å². The van der Waals surface area contributed by atoms with Gasteiger partial charge >= 0.3 is 0 Å². The molecular weight excluding hydrogens is 257 g/mol. The zero-order valence-corrected chi connectivity index (χ0v) is 10.9. The van der Waals surface area contributed by atoms with Crippen molar-refractivity contribution in [3.8, 4) is 0 Å². The van der Waals surface area contributed by atoms with Crippen LogP contribution in [0, 0.1) is 12.7 Å². The zero-order valence-electron chi connectivity index (χ0n) is 9.31. The summed E-state index contributed by atoms with van der Waals surface area (Å²) in [6.07, 6.45) is 0. The molecule has 0 radical (unpaired) electrons. The van der Waals surface area contributed by atoms with Crippen molar-refractivity contribution < 1.29 is 4.39 Å². The third kappa shape index (κ3) is 3.98. The SMILES string of the molecule is Cc1nsc(SCCNc2cccc(F)c2)n1. The van der Waals surface area contributed by atoms with Crippen molar-refractivity contribution in [2.75, 3.05) is 17.6 Å². The number of halogens is 1. The minimum Gasteiger partial charge on any atom is -0.384 e. The molecule has 0 saturated carbocycles. The van der Waals surface area contributed by atoms with Crippen molar-refractivity contribution in [3.63, 3.8) is 0 Å². The normalized spacial score (nSPS) is 10.5. The van der Waals surface area contributed by atoms with Crippen molar-refractivity contribution in [1.29, 1.82) is 0 Å². The number of aryl methyl sites for hydroxylation is 1. The van der Waals surface area contributed by atoms with E-state index in [1.54, 1.807) is 17.8 Å². The van der Waals surface area contributed by atoms with Crippen molar-refractivity contribution in [3.05, 3.63) is 35.9 Å². The van der Waals surface area contributed by atoms with Gasteiger partial charge in [0.1, 0.15) is 11.6 Å². The van der Waals surface area contributed by atoms with Crippen LogP contribution in [0.1, 0.15) is 5.82 Å². The number of nitrogens with zero attached hydrogens (tertiary/aromatic N) is 2. The molecule has 0 aliphatic rings. The molecule has 1 aromatic carbocycles. The second kappa shape index (κ2) is 5.97. The molecule has 6 heteroatoms. The second-order valence-corrected chi connectivity index (χ2v) is 5.49. The van der Waals surface area contributed by atoms with Crippen molar-refractivity contribution in [2.24, 2.45) is 0 Å². The molecule has 90 valence electrons. The van der Waals surface area contributed by atoms with E-state index < -0.39 is 0 Å². The van der Waals surface area contributed by atoms with Gasteiger partial charge in [-0.3, -0.25) is 0 Å². The van der Waals surface area contributed by atoms with Crippen LogP contribution in [-0.4, -0.2) is 21.7 Å². The first kappa shape index (κ1) is 12.3. The van der Waals surface area contributed by atoms with Crippen LogP contribution in [0.4, 0.5) is 10.1 Å². The fraction of sp³-hybridized carbons (Fsp3) is 0.273. The first-order valence-corrected chi connectivity index (χ1v) is 6.92. The molecule has 3 nitrogen and oxygen atoms in total. The Morgan fingerprint density at radius 2 is 2.35 bits per heavy atom. The van der Waals surface area contributed by atoms with Crippen LogP contribution >= 0.6 is 23.3 Å². The molecule has 0 amide bonds. The Bertz CT molecular complexity index is 487. The Hall–Kier alpha value is -1.14. The Morgan fingerprint density at radius 1 is 1.47 bits per heavy atom. The maximum Gasteiger partial charge on any atom is 0.170 e. The molecule has 2 rings (SSSR count). The van der Waals surface area contributed by atoms with E-state index in [2.05, 4.69) is 14.7 Å². The predicted molar refractivity (Wildman–Crippen MR) is 70.3 cm³/mol. The van der Waals surface area contributed by atoms with Gasteiger partial charge in [0.25, 0.3) is 0 Å². The van der Waals surface area contributed by atoms with E-state index in [4.69, 9.17) is 0 Å². The van der Waals surface area contributed by atoms with Crippen LogP contribution in [0.15, 0.2) is 28.6 Å². The highest BCUT2D eigenvalue weighted by molar-refractivity contribution is 8.00. The van der Waals surface area contributed by atoms with Crippen molar-refractivity contribution in [2.45, 2.75) is 11.3 Å². The molecule has 0 bridgehead atoms. The maximum absolute atomic E-state index is 12.9. The van der Waals surface area contributed by atoms with Gasteiger partial charge in [-0.05, 0) is 36.7 Å². The molecular formula is C11H12FN3S2. The standard InChI is InChI=1S/C11H12FN3S2/c1-8-14-11(17-15-8)16-6-5-13-10-4-2-3-9(12)7-10/h2-4,7,13H,5-6H2,1H3. The van der Waals surface area contributed by atoms with E-state index in [9.17, 15) is 4.39 Å². The molecule has 0 fully saturated rings. The average Bonchev–Trinajstić information content (AvgIpc) is 2.71. The maximum atomic E-state index is 12.9. The van der Waals surface area contributed by atoms with Crippen LogP contribution < -0.4 is 5.32 Å². The zero-order chi connectivity index (χ0) is 12.1. The summed E-state index contributed by atoms with van der Waals surface area (Å²) in [4.78, 5) is 4.25. The van der Waals surface area contributed by atoms with Crippen LogP contribution in [0.5, 0.6) is 0 Å². The first-order chi connectivity index (χ1) is 8.24. The Morgan fingerprint density at radius 3 is 3.06 bits per heavy atom. The van der Waals surface area contributed by atoms with Crippen LogP contribution in [0.3, 0.4) is 0 Å². The quantitative estimate of drug-likeness (QED) is 0.668. The highest BCUT2D eigenvalue weighted by Crippen LogP contribution is 2.19. The number of hydrogen-bond donors (Lipinski definition) is 1. The summed E-state index contributed by atoms with van der Waals surface area (Å²) in [5.74, 6) is 1.48. The highest BCUT2D eigenvalue weighted by Gasteiger charge is 2.00. The molecule has 17 heavy (non-hydrogen) atoms. The summed E-state index contributed by atoms with van der Waals surface area (Å²) in [5.41, 5.74) is 0.805. The topological polar surface area (TPSA) is 37.8 Å². The fourth-order valence-electron chi connectivity index (χ4n) is 1.27. The molecule has 0 unspecified atom stereocenters. The highest BCUT2D eigenvalue weighted by atomic mass is 32.2.